The summed E-state index contributed by atoms with van der Waals surface area (Å²) in [6.07, 6.45) is 3.23. The van der Waals surface area contributed by atoms with Crippen LogP contribution in [-0.2, 0) is 28.9 Å². The Hall–Kier alpha value is -3.14. The maximum Gasteiger partial charge on any atom is 0.226 e. The third kappa shape index (κ3) is 3.09. The summed E-state index contributed by atoms with van der Waals surface area (Å²) < 4.78 is 0. The molecule has 1 N–H and O–H groups in total. The van der Waals surface area contributed by atoms with Crippen molar-refractivity contribution in [2.75, 3.05) is 11.9 Å². The van der Waals surface area contributed by atoms with Crippen molar-refractivity contribution in [3.05, 3.63) is 76.9 Å². The molecule has 4 heteroatoms. The minimum absolute atomic E-state index is 0.0163. The fourth-order valence-corrected chi connectivity index (χ4v) is 4.98. The molecule has 0 saturated heterocycles. The molecule has 146 valence electrons. The highest BCUT2D eigenvalue weighted by Crippen LogP contribution is 2.36. The van der Waals surface area contributed by atoms with Gasteiger partial charge in [0.05, 0.1) is 12.5 Å². The first-order valence-corrected chi connectivity index (χ1v) is 10.3. The highest BCUT2D eigenvalue weighted by atomic mass is 16.2. The molecular formula is C25H24N2O2. The lowest BCUT2D eigenvalue weighted by Crippen LogP contribution is -2.40. The van der Waals surface area contributed by atoms with Gasteiger partial charge in [0, 0.05) is 24.5 Å². The molecule has 1 unspecified atom stereocenters. The molecule has 0 fully saturated rings. The third-order valence-electron chi connectivity index (χ3n) is 6.35. The third-order valence-corrected chi connectivity index (χ3v) is 6.35. The SMILES string of the molecule is CC(=O)N1CCc2ccccc2C1CC(=O)Nc1ccc2c3c(cccc13)CC2. The number of carbonyl (C=O) groups excluding carboxylic acids is 2. The molecule has 0 aromatic heterocycles. The Balaban J connectivity index is 1.44. The minimum Gasteiger partial charge on any atom is -0.335 e. The van der Waals surface area contributed by atoms with Gasteiger partial charge in [-0.3, -0.25) is 9.59 Å². The number of aryl methyl sites for hydroxylation is 2. The second kappa shape index (κ2) is 7.03. The van der Waals surface area contributed by atoms with Crippen molar-refractivity contribution < 1.29 is 9.59 Å². The number of carbonyl (C=O) groups is 2. The molecular weight excluding hydrogens is 360 g/mol. The van der Waals surface area contributed by atoms with E-state index in [2.05, 4.69) is 35.6 Å². The van der Waals surface area contributed by atoms with Crippen molar-refractivity contribution in [2.45, 2.75) is 38.6 Å². The van der Waals surface area contributed by atoms with E-state index in [0.29, 0.717) is 6.54 Å². The second-order valence-corrected chi connectivity index (χ2v) is 8.04. The summed E-state index contributed by atoms with van der Waals surface area (Å²) in [5, 5.41) is 5.53. The fourth-order valence-electron chi connectivity index (χ4n) is 4.98. The number of hydrogen-bond acceptors (Lipinski definition) is 2. The topological polar surface area (TPSA) is 49.4 Å². The monoisotopic (exact) mass is 384 g/mol. The Bertz CT molecular complexity index is 1120. The van der Waals surface area contributed by atoms with Crippen LogP contribution in [0, 0.1) is 0 Å². The van der Waals surface area contributed by atoms with Gasteiger partial charge >= 0.3 is 0 Å². The number of amides is 2. The van der Waals surface area contributed by atoms with E-state index in [1.165, 1.54) is 22.1 Å². The molecule has 1 heterocycles. The van der Waals surface area contributed by atoms with E-state index in [1.54, 1.807) is 6.92 Å². The van der Waals surface area contributed by atoms with Gasteiger partial charge in [-0.1, -0.05) is 48.5 Å². The maximum absolute atomic E-state index is 13.0. The molecule has 3 aromatic rings. The summed E-state index contributed by atoms with van der Waals surface area (Å²) in [4.78, 5) is 27.1. The predicted molar refractivity (Wildman–Crippen MR) is 115 cm³/mol. The Morgan fingerprint density at radius 1 is 0.931 bits per heavy atom. The van der Waals surface area contributed by atoms with Crippen molar-refractivity contribution in [2.24, 2.45) is 0 Å². The molecule has 2 aliphatic rings. The normalized spacial score (nSPS) is 17.3. The molecule has 1 aliphatic heterocycles. The standard InChI is InChI=1S/C25H24N2O2/c1-16(28)27-14-13-17-5-2-3-7-20(17)23(27)15-24(29)26-22-12-11-19-10-9-18-6-4-8-21(22)25(18)19/h2-8,11-12,23H,9-10,13-15H2,1H3,(H,26,29). The van der Waals surface area contributed by atoms with Crippen molar-refractivity contribution >= 4 is 28.3 Å². The Morgan fingerprint density at radius 3 is 2.52 bits per heavy atom. The van der Waals surface area contributed by atoms with Crippen molar-refractivity contribution in [1.82, 2.24) is 4.90 Å². The van der Waals surface area contributed by atoms with E-state index in [9.17, 15) is 9.59 Å². The van der Waals surface area contributed by atoms with Crippen molar-refractivity contribution in [1.29, 1.82) is 0 Å². The number of benzene rings is 3. The second-order valence-electron chi connectivity index (χ2n) is 8.04. The lowest BCUT2D eigenvalue weighted by molar-refractivity contribution is -0.132. The minimum atomic E-state index is -0.214. The van der Waals surface area contributed by atoms with Gasteiger partial charge in [0.15, 0.2) is 0 Å². The Labute approximate surface area is 170 Å². The summed E-state index contributed by atoms with van der Waals surface area (Å²) >= 11 is 0. The van der Waals surface area contributed by atoms with Crippen LogP contribution in [0.15, 0.2) is 54.6 Å². The summed E-state index contributed by atoms with van der Waals surface area (Å²) in [6.45, 7) is 2.24. The average molecular weight is 384 g/mol. The molecule has 4 nitrogen and oxygen atoms in total. The van der Waals surface area contributed by atoms with Gasteiger partial charge in [0.2, 0.25) is 11.8 Å². The van der Waals surface area contributed by atoms with Crippen LogP contribution in [0.3, 0.4) is 0 Å². The van der Waals surface area contributed by atoms with Crippen molar-refractivity contribution in [3.8, 4) is 0 Å². The largest absolute Gasteiger partial charge is 0.335 e. The summed E-state index contributed by atoms with van der Waals surface area (Å²) in [7, 11) is 0. The fraction of sp³-hybridized carbons (Fsp3) is 0.280. The van der Waals surface area contributed by atoms with E-state index in [1.807, 2.05) is 29.2 Å². The molecule has 0 saturated carbocycles. The number of nitrogens with one attached hydrogen (secondary N) is 1. The Kier molecular flexibility index (Phi) is 4.35. The number of anilines is 1. The summed E-state index contributed by atoms with van der Waals surface area (Å²) in [6, 6.07) is 18.4. The number of rotatable bonds is 3. The number of hydrogen-bond donors (Lipinski definition) is 1. The first-order chi connectivity index (χ1) is 14.1. The predicted octanol–water partition coefficient (Wildman–Crippen LogP) is 4.41. The molecule has 0 spiro atoms. The van der Waals surface area contributed by atoms with Gasteiger partial charge in [-0.05, 0) is 53.0 Å². The molecule has 1 atom stereocenters. The van der Waals surface area contributed by atoms with Gasteiger partial charge in [-0.25, -0.2) is 0 Å². The van der Waals surface area contributed by atoms with E-state index in [0.717, 1.165) is 35.9 Å². The lowest BCUT2D eigenvalue weighted by atomic mass is 9.90. The zero-order valence-corrected chi connectivity index (χ0v) is 16.6. The van der Waals surface area contributed by atoms with E-state index in [-0.39, 0.29) is 24.3 Å². The molecule has 5 rings (SSSR count). The molecule has 0 bridgehead atoms. The molecule has 0 radical (unpaired) electrons. The van der Waals surface area contributed by atoms with Gasteiger partial charge < -0.3 is 10.2 Å². The highest BCUT2D eigenvalue weighted by molar-refractivity contribution is 6.05. The number of nitrogens with zero attached hydrogens (tertiary/aromatic N) is 1. The average Bonchev–Trinajstić information content (AvgIpc) is 3.15. The molecule has 29 heavy (non-hydrogen) atoms. The van der Waals surface area contributed by atoms with E-state index in [4.69, 9.17) is 0 Å². The van der Waals surface area contributed by atoms with E-state index < -0.39 is 0 Å². The first kappa shape index (κ1) is 17.9. The molecule has 1 aliphatic carbocycles. The van der Waals surface area contributed by atoms with Crippen LogP contribution in [0.25, 0.3) is 10.8 Å². The maximum atomic E-state index is 13.0. The van der Waals surface area contributed by atoms with Crippen LogP contribution in [0.1, 0.15) is 41.6 Å². The Morgan fingerprint density at radius 2 is 1.69 bits per heavy atom. The molecule has 3 aromatic carbocycles. The van der Waals surface area contributed by atoms with Gasteiger partial charge in [0.25, 0.3) is 0 Å². The van der Waals surface area contributed by atoms with Gasteiger partial charge in [-0.2, -0.15) is 0 Å². The highest BCUT2D eigenvalue weighted by Gasteiger charge is 2.30. The van der Waals surface area contributed by atoms with Crippen molar-refractivity contribution in [3.63, 3.8) is 0 Å². The number of fused-ring (bicyclic) bond motifs is 1. The summed E-state index contributed by atoms with van der Waals surface area (Å²) in [5.74, 6) is -0.0423. The van der Waals surface area contributed by atoms with Crippen LogP contribution in [0.2, 0.25) is 0 Å². The first-order valence-electron chi connectivity index (χ1n) is 10.3. The zero-order valence-electron chi connectivity index (χ0n) is 16.6. The van der Waals surface area contributed by atoms with Crippen LogP contribution in [0.5, 0.6) is 0 Å². The van der Waals surface area contributed by atoms with Crippen LogP contribution < -0.4 is 5.32 Å². The van der Waals surface area contributed by atoms with Crippen LogP contribution >= 0.6 is 0 Å². The smallest absolute Gasteiger partial charge is 0.226 e. The zero-order chi connectivity index (χ0) is 20.0. The lowest BCUT2D eigenvalue weighted by Gasteiger charge is -2.36. The van der Waals surface area contributed by atoms with Gasteiger partial charge in [-0.15, -0.1) is 0 Å². The van der Waals surface area contributed by atoms with Gasteiger partial charge in [0.1, 0.15) is 0 Å². The molecule has 2 amide bonds. The quantitative estimate of drug-likeness (QED) is 0.727. The van der Waals surface area contributed by atoms with Crippen LogP contribution in [0.4, 0.5) is 5.69 Å². The van der Waals surface area contributed by atoms with Crippen LogP contribution in [-0.4, -0.2) is 23.3 Å². The van der Waals surface area contributed by atoms with E-state index >= 15 is 0 Å². The summed E-state index contributed by atoms with van der Waals surface area (Å²) in [5.41, 5.74) is 5.89.